The fourth-order valence-corrected chi connectivity index (χ4v) is 4.47. The van der Waals surface area contributed by atoms with Crippen LogP contribution in [0.25, 0.3) is 0 Å². The first kappa shape index (κ1) is 28.7. The van der Waals surface area contributed by atoms with E-state index in [4.69, 9.17) is 14.2 Å². The van der Waals surface area contributed by atoms with Crippen LogP contribution in [0.1, 0.15) is 74.4 Å². The number of hydrogen-bond acceptors (Lipinski definition) is 7. The maximum Gasteiger partial charge on any atom is 0.162 e. The molecule has 0 fully saturated rings. The molecule has 1 heterocycles. The van der Waals surface area contributed by atoms with Gasteiger partial charge in [-0.2, -0.15) is 0 Å². The van der Waals surface area contributed by atoms with Crippen LogP contribution in [0.15, 0.2) is 42.5 Å². The molecular weight excluding hydrogens is 470 g/mol. The van der Waals surface area contributed by atoms with Gasteiger partial charge in [0.05, 0.1) is 13.2 Å². The molecule has 202 valence electrons. The third-order valence-corrected chi connectivity index (χ3v) is 7.02. The molecule has 0 radical (unpaired) electrons. The number of hydrogen-bond donors (Lipinski definition) is 1. The molecular formula is C30H41NO6. The normalized spacial score (nSPS) is 14.5. The van der Waals surface area contributed by atoms with Crippen molar-refractivity contribution in [3.8, 4) is 17.2 Å². The number of aliphatic hydroxyl groups excluding tert-OH is 1. The number of rotatable bonds is 15. The van der Waals surface area contributed by atoms with E-state index in [0.29, 0.717) is 62.1 Å². The molecule has 0 amide bonds. The monoisotopic (exact) mass is 511 g/mol. The van der Waals surface area contributed by atoms with E-state index < -0.39 is 6.10 Å². The summed E-state index contributed by atoms with van der Waals surface area (Å²) in [5.41, 5.74) is 1.42. The molecule has 2 atom stereocenters. The number of Topliss-reactive ketones (excluding diaryl/α,β-unsaturated/α-hetero) is 2. The maximum absolute atomic E-state index is 12.9. The summed E-state index contributed by atoms with van der Waals surface area (Å²) >= 11 is 0. The van der Waals surface area contributed by atoms with Crippen LogP contribution in [0.3, 0.4) is 0 Å². The highest BCUT2D eigenvalue weighted by molar-refractivity contribution is 5.96. The fraction of sp³-hybridized carbons (Fsp3) is 0.533. The zero-order valence-electron chi connectivity index (χ0n) is 22.6. The van der Waals surface area contributed by atoms with Crippen LogP contribution in [0, 0.1) is 5.92 Å². The van der Waals surface area contributed by atoms with Crippen molar-refractivity contribution in [3.05, 3.63) is 53.6 Å². The van der Waals surface area contributed by atoms with Gasteiger partial charge >= 0.3 is 0 Å². The Morgan fingerprint density at radius 2 is 1.65 bits per heavy atom. The third-order valence-electron chi connectivity index (χ3n) is 7.02. The fourth-order valence-electron chi connectivity index (χ4n) is 4.47. The molecule has 0 saturated carbocycles. The predicted molar refractivity (Wildman–Crippen MR) is 144 cm³/mol. The highest BCUT2D eigenvalue weighted by atomic mass is 16.6. The molecule has 0 aromatic heterocycles. The van der Waals surface area contributed by atoms with Gasteiger partial charge in [-0.1, -0.05) is 12.5 Å². The van der Waals surface area contributed by atoms with E-state index in [1.54, 1.807) is 31.4 Å². The summed E-state index contributed by atoms with van der Waals surface area (Å²) in [6, 6.07) is 12.9. The average Bonchev–Trinajstić information content (AvgIpc) is 2.91. The Kier molecular flexibility index (Phi) is 11.0. The molecule has 3 rings (SSSR count). The van der Waals surface area contributed by atoms with Crippen molar-refractivity contribution in [3.63, 3.8) is 0 Å². The second-order valence-electron chi connectivity index (χ2n) is 10.1. The van der Waals surface area contributed by atoms with Gasteiger partial charge in [0.25, 0.3) is 0 Å². The lowest BCUT2D eigenvalue weighted by Gasteiger charge is -2.30. The Balaban J connectivity index is 1.50. The molecule has 0 aliphatic carbocycles. The Labute approximate surface area is 220 Å². The summed E-state index contributed by atoms with van der Waals surface area (Å²) < 4.78 is 16.4. The number of carbonyl (C=O) groups is 2. The lowest BCUT2D eigenvalue weighted by Crippen LogP contribution is -2.35. The number of fused-ring (bicyclic) bond motifs is 1. The van der Waals surface area contributed by atoms with Crippen molar-refractivity contribution in [2.75, 3.05) is 33.9 Å². The van der Waals surface area contributed by atoms with E-state index in [-0.39, 0.29) is 17.5 Å². The molecule has 2 aromatic carbocycles. The zero-order chi connectivity index (χ0) is 26.8. The van der Waals surface area contributed by atoms with Gasteiger partial charge < -0.3 is 24.2 Å². The lowest BCUT2D eigenvalue weighted by molar-refractivity contribution is -0.121. The highest BCUT2D eigenvalue weighted by Gasteiger charge is 2.27. The maximum atomic E-state index is 12.9. The number of ether oxygens (including phenoxy) is 3. The van der Waals surface area contributed by atoms with E-state index in [1.165, 1.54) is 0 Å². The number of unbranched alkanes of at least 4 members (excludes halogenated alkanes) is 2. The van der Waals surface area contributed by atoms with E-state index in [2.05, 4.69) is 18.7 Å². The first-order valence-corrected chi connectivity index (χ1v) is 13.2. The predicted octanol–water partition coefficient (Wildman–Crippen LogP) is 5.25. The van der Waals surface area contributed by atoms with Crippen LogP contribution in [0.2, 0.25) is 0 Å². The molecule has 1 aliphatic heterocycles. The first-order chi connectivity index (χ1) is 17.8. The minimum Gasteiger partial charge on any atom is -0.497 e. The van der Waals surface area contributed by atoms with Crippen molar-refractivity contribution < 1.29 is 28.9 Å². The first-order valence-electron chi connectivity index (χ1n) is 13.2. The Bertz CT molecular complexity index is 1020. The molecule has 7 heteroatoms. The summed E-state index contributed by atoms with van der Waals surface area (Å²) in [4.78, 5) is 27.4. The number of nitrogens with zero attached hydrogens (tertiary/aromatic N) is 1. The summed E-state index contributed by atoms with van der Waals surface area (Å²) in [6.07, 6.45) is 2.73. The van der Waals surface area contributed by atoms with Gasteiger partial charge in [-0.15, -0.1) is 0 Å². The molecule has 0 saturated heterocycles. The van der Waals surface area contributed by atoms with Crippen LogP contribution in [-0.4, -0.2) is 61.5 Å². The number of ketones is 2. The molecule has 0 bridgehead atoms. The van der Waals surface area contributed by atoms with Gasteiger partial charge in [0.2, 0.25) is 0 Å². The minimum atomic E-state index is -0.789. The smallest absolute Gasteiger partial charge is 0.162 e. The van der Waals surface area contributed by atoms with Gasteiger partial charge in [-0.05, 0) is 75.7 Å². The van der Waals surface area contributed by atoms with Crippen molar-refractivity contribution >= 4 is 11.6 Å². The summed E-state index contributed by atoms with van der Waals surface area (Å²) in [7, 11) is 3.61. The van der Waals surface area contributed by atoms with Gasteiger partial charge in [-0.3, -0.25) is 9.59 Å². The number of carbonyl (C=O) groups excluding carboxylic acids is 2. The van der Waals surface area contributed by atoms with Crippen molar-refractivity contribution in [2.45, 2.75) is 64.5 Å². The van der Waals surface area contributed by atoms with Crippen molar-refractivity contribution in [2.24, 2.45) is 5.92 Å². The molecule has 37 heavy (non-hydrogen) atoms. The standard InChI is InChI=1S/C30H41NO6/c1-21(2)31(3)20-24(30(34)23-12-15-28-29(19-23)37-17-16-36-28)18-25(32)8-6-5-7-9-27(33)22-10-13-26(35-4)14-11-22/h10-15,19,21,24,30,34H,5-9,16-18,20H2,1-4H3/t24-,30-/m0/s1. The second kappa shape index (κ2) is 14.1. The van der Waals surface area contributed by atoms with E-state index in [1.807, 2.05) is 25.2 Å². The molecule has 0 spiro atoms. The topological polar surface area (TPSA) is 85.3 Å². The summed E-state index contributed by atoms with van der Waals surface area (Å²) in [5.74, 6) is 2.05. The van der Waals surface area contributed by atoms with Gasteiger partial charge in [0.15, 0.2) is 17.3 Å². The minimum absolute atomic E-state index is 0.105. The summed E-state index contributed by atoms with van der Waals surface area (Å²) in [5, 5.41) is 11.3. The van der Waals surface area contributed by atoms with E-state index in [9.17, 15) is 14.7 Å². The van der Waals surface area contributed by atoms with E-state index in [0.717, 1.165) is 30.6 Å². The van der Waals surface area contributed by atoms with E-state index >= 15 is 0 Å². The Hall–Kier alpha value is -2.90. The summed E-state index contributed by atoms with van der Waals surface area (Å²) in [6.45, 7) is 5.80. The van der Waals surface area contributed by atoms with Crippen LogP contribution in [-0.2, 0) is 4.79 Å². The number of aliphatic hydroxyl groups is 1. The van der Waals surface area contributed by atoms with Gasteiger partial charge in [0, 0.05) is 43.3 Å². The zero-order valence-corrected chi connectivity index (χ0v) is 22.6. The quantitative estimate of drug-likeness (QED) is 0.258. The van der Waals surface area contributed by atoms with Gasteiger partial charge in [0.1, 0.15) is 24.7 Å². The van der Waals surface area contributed by atoms with Crippen LogP contribution >= 0.6 is 0 Å². The van der Waals surface area contributed by atoms with Crippen LogP contribution in [0.4, 0.5) is 0 Å². The molecule has 7 nitrogen and oxygen atoms in total. The highest BCUT2D eigenvalue weighted by Crippen LogP contribution is 2.35. The third kappa shape index (κ3) is 8.58. The average molecular weight is 512 g/mol. The number of benzene rings is 2. The molecule has 0 unspecified atom stereocenters. The van der Waals surface area contributed by atoms with Crippen molar-refractivity contribution in [1.82, 2.24) is 4.90 Å². The van der Waals surface area contributed by atoms with Gasteiger partial charge in [-0.25, -0.2) is 0 Å². The molecule has 1 aliphatic rings. The largest absolute Gasteiger partial charge is 0.497 e. The Morgan fingerprint density at radius 1 is 0.973 bits per heavy atom. The van der Waals surface area contributed by atoms with Crippen molar-refractivity contribution in [1.29, 1.82) is 0 Å². The lowest BCUT2D eigenvalue weighted by atomic mass is 9.89. The molecule has 2 aromatic rings. The Morgan fingerprint density at radius 3 is 2.32 bits per heavy atom. The van der Waals surface area contributed by atoms with Crippen LogP contribution in [0.5, 0.6) is 17.2 Å². The SMILES string of the molecule is COc1ccc(C(=O)CCCCCC(=O)C[C@@H](CN(C)C(C)C)[C@@H](O)c2ccc3c(c2)OCCO3)cc1. The number of methoxy groups -OCH3 is 1. The van der Waals surface area contributed by atoms with Crippen LogP contribution < -0.4 is 14.2 Å². The second-order valence-corrected chi connectivity index (χ2v) is 10.1. The molecule has 1 N–H and O–H groups in total.